The van der Waals surface area contributed by atoms with Gasteiger partial charge in [0.2, 0.25) is 5.91 Å². The Morgan fingerprint density at radius 2 is 2.23 bits per heavy atom. The Morgan fingerprint density at radius 1 is 1.39 bits per heavy atom. The van der Waals surface area contributed by atoms with Crippen molar-refractivity contribution in [3.63, 3.8) is 0 Å². The molecule has 0 aromatic carbocycles. The minimum absolute atomic E-state index is 0.0538. The molecule has 3 rings (SSSR count). The number of pyridine rings is 1. The molecular weight excluding hydrogens is 396 g/mol. The van der Waals surface area contributed by atoms with Crippen molar-refractivity contribution in [2.24, 2.45) is 5.92 Å². The number of aliphatic hydroxyl groups excluding tert-OH is 1. The summed E-state index contributed by atoms with van der Waals surface area (Å²) in [5.41, 5.74) is 2.06. The summed E-state index contributed by atoms with van der Waals surface area (Å²) in [5.74, 6) is 0.135. The van der Waals surface area contributed by atoms with E-state index in [1.54, 1.807) is 17.3 Å². The van der Waals surface area contributed by atoms with E-state index in [9.17, 15) is 9.90 Å². The number of aliphatic hydroxyl groups is 1. The lowest BCUT2D eigenvalue weighted by Gasteiger charge is -2.35. The first-order valence-electron chi connectivity index (χ1n) is 10.9. The second kappa shape index (κ2) is 11.3. The van der Waals surface area contributed by atoms with Crippen molar-refractivity contribution < 1.29 is 14.6 Å². The lowest BCUT2D eigenvalue weighted by atomic mass is 10.0. The number of fused-ring (bicyclic) bond motifs is 1. The molecule has 1 aliphatic heterocycles. The monoisotopic (exact) mass is 430 g/mol. The van der Waals surface area contributed by atoms with Crippen LogP contribution in [0.2, 0.25) is 0 Å². The fraction of sp³-hybridized carbons (Fsp3) is 0.636. The second-order valence-corrected chi connectivity index (χ2v) is 8.51. The molecule has 1 amide bonds. The van der Waals surface area contributed by atoms with Crippen LogP contribution in [0.1, 0.15) is 37.9 Å². The number of hydrogen-bond donors (Lipinski definition) is 1. The summed E-state index contributed by atoms with van der Waals surface area (Å²) in [6.07, 6.45) is 6.36. The number of aromatic nitrogens is 4. The van der Waals surface area contributed by atoms with E-state index >= 15 is 0 Å². The Bertz CT molecular complexity index is 815. The maximum Gasteiger partial charge on any atom is 0.222 e. The van der Waals surface area contributed by atoms with Crippen molar-refractivity contribution in [3.05, 3.63) is 42.0 Å². The number of nitrogens with zero attached hydrogens (tertiary/aromatic N) is 6. The highest BCUT2D eigenvalue weighted by Gasteiger charge is 2.28. The van der Waals surface area contributed by atoms with Crippen molar-refractivity contribution >= 4 is 5.91 Å². The van der Waals surface area contributed by atoms with Crippen molar-refractivity contribution in [2.75, 3.05) is 26.7 Å². The summed E-state index contributed by atoms with van der Waals surface area (Å²) in [6, 6.07) is 3.77. The quantitative estimate of drug-likeness (QED) is 0.738. The van der Waals surface area contributed by atoms with Crippen LogP contribution in [-0.4, -0.2) is 79.7 Å². The Labute approximate surface area is 184 Å². The van der Waals surface area contributed by atoms with Crippen LogP contribution >= 0.6 is 0 Å². The molecule has 0 radical (unpaired) electrons. The summed E-state index contributed by atoms with van der Waals surface area (Å²) < 4.78 is 8.17. The van der Waals surface area contributed by atoms with E-state index in [0.29, 0.717) is 39.1 Å². The zero-order valence-corrected chi connectivity index (χ0v) is 18.7. The van der Waals surface area contributed by atoms with Gasteiger partial charge in [0.1, 0.15) is 0 Å². The molecule has 2 aromatic rings. The standard InChI is InChI=1S/C22H34N6O3/c1-17-12-27(18(2)15-29)22(30)7-5-9-28-20(11-24-25-28)16-31-21(17)14-26(3)13-19-6-4-8-23-10-19/h4,6,8,10-11,17-18,21,29H,5,7,9,12-16H2,1-3H3/t17-,18-,21+/m0/s1. The van der Waals surface area contributed by atoms with Gasteiger partial charge in [-0.3, -0.25) is 14.7 Å². The van der Waals surface area contributed by atoms with Gasteiger partial charge >= 0.3 is 0 Å². The number of rotatable bonds is 6. The SMILES string of the molecule is C[C@H]1CN([C@@H](C)CO)C(=O)CCCn2nncc2CO[C@@H]1CN(C)Cc1cccnc1. The first kappa shape index (κ1) is 23.3. The Hall–Kier alpha value is -2.36. The number of carbonyl (C=O) groups is 1. The maximum atomic E-state index is 12.9. The van der Waals surface area contributed by atoms with Gasteiger partial charge in [0, 0.05) is 50.9 Å². The fourth-order valence-corrected chi connectivity index (χ4v) is 3.92. The van der Waals surface area contributed by atoms with Gasteiger partial charge in [-0.25, -0.2) is 4.68 Å². The van der Waals surface area contributed by atoms with Crippen molar-refractivity contribution in [3.8, 4) is 0 Å². The van der Waals surface area contributed by atoms with Crippen LogP contribution in [0.5, 0.6) is 0 Å². The molecule has 0 bridgehead atoms. The molecule has 170 valence electrons. The maximum absolute atomic E-state index is 12.9. The molecule has 0 saturated heterocycles. The summed E-state index contributed by atoms with van der Waals surface area (Å²) in [6.45, 7) is 6.98. The third-order valence-electron chi connectivity index (χ3n) is 5.81. The van der Waals surface area contributed by atoms with Crippen molar-refractivity contribution in [2.45, 2.75) is 58.5 Å². The molecule has 9 nitrogen and oxygen atoms in total. The molecule has 0 saturated carbocycles. The number of carbonyl (C=O) groups excluding carboxylic acids is 1. The predicted octanol–water partition coefficient (Wildman–Crippen LogP) is 1.33. The third-order valence-corrected chi connectivity index (χ3v) is 5.81. The number of hydrogen-bond acceptors (Lipinski definition) is 7. The fourth-order valence-electron chi connectivity index (χ4n) is 3.92. The Morgan fingerprint density at radius 3 is 2.97 bits per heavy atom. The van der Waals surface area contributed by atoms with E-state index < -0.39 is 0 Å². The lowest BCUT2D eigenvalue weighted by Crippen LogP contribution is -2.47. The third kappa shape index (κ3) is 6.56. The average molecular weight is 431 g/mol. The van der Waals surface area contributed by atoms with Crippen LogP contribution in [0.3, 0.4) is 0 Å². The topological polar surface area (TPSA) is 96.6 Å². The van der Waals surface area contributed by atoms with Crippen LogP contribution in [0.15, 0.2) is 30.7 Å². The molecule has 31 heavy (non-hydrogen) atoms. The summed E-state index contributed by atoms with van der Waals surface area (Å²) in [5, 5.41) is 17.9. The zero-order chi connectivity index (χ0) is 22.2. The summed E-state index contributed by atoms with van der Waals surface area (Å²) >= 11 is 0. The first-order valence-corrected chi connectivity index (χ1v) is 10.9. The molecule has 3 atom stereocenters. The number of amides is 1. The van der Waals surface area contributed by atoms with Gasteiger partial charge in [-0.05, 0) is 32.0 Å². The van der Waals surface area contributed by atoms with Crippen LogP contribution in [-0.2, 0) is 29.2 Å². The number of likely N-dealkylation sites (N-methyl/N-ethyl adjacent to an activating group) is 1. The van der Waals surface area contributed by atoms with Crippen molar-refractivity contribution in [1.82, 2.24) is 29.8 Å². The highest BCUT2D eigenvalue weighted by atomic mass is 16.5. The first-order chi connectivity index (χ1) is 15.0. The summed E-state index contributed by atoms with van der Waals surface area (Å²) in [4.78, 5) is 21.1. The minimum atomic E-state index is -0.228. The van der Waals surface area contributed by atoms with Gasteiger partial charge < -0.3 is 14.7 Å². The largest absolute Gasteiger partial charge is 0.394 e. The molecule has 2 aromatic heterocycles. The highest BCUT2D eigenvalue weighted by molar-refractivity contribution is 5.76. The molecule has 1 N–H and O–H groups in total. The van der Waals surface area contributed by atoms with Gasteiger partial charge in [-0.15, -0.1) is 5.10 Å². The van der Waals surface area contributed by atoms with Crippen LogP contribution < -0.4 is 0 Å². The molecule has 0 unspecified atom stereocenters. The van der Waals surface area contributed by atoms with Gasteiger partial charge in [0.25, 0.3) is 0 Å². The van der Waals surface area contributed by atoms with E-state index in [1.165, 1.54) is 0 Å². The van der Waals surface area contributed by atoms with Crippen molar-refractivity contribution in [1.29, 1.82) is 0 Å². The highest BCUT2D eigenvalue weighted by Crippen LogP contribution is 2.18. The van der Waals surface area contributed by atoms with Gasteiger partial charge in [0.15, 0.2) is 0 Å². The molecule has 3 heterocycles. The molecule has 0 fully saturated rings. The minimum Gasteiger partial charge on any atom is -0.394 e. The van der Waals surface area contributed by atoms with E-state index in [2.05, 4.69) is 40.2 Å². The number of ether oxygens (including phenoxy) is 1. The van der Waals surface area contributed by atoms with Crippen LogP contribution in [0.4, 0.5) is 0 Å². The molecule has 0 spiro atoms. The predicted molar refractivity (Wildman–Crippen MR) is 116 cm³/mol. The Kier molecular flexibility index (Phi) is 8.51. The zero-order valence-electron chi connectivity index (χ0n) is 18.7. The van der Waals surface area contributed by atoms with Gasteiger partial charge in [-0.1, -0.05) is 18.2 Å². The van der Waals surface area contributed by atoms with Gasteiger partial charge in [0.05, 0.1) is 37.3 Å². The van der Waals surface area contributed by atoms with Crippen LogP contribution in [0, 0.1) is 5.92 Å². The normalized spacial score (nSPS) is 22.0. The summed E-state index contributed by atoms with van der Waals surface area (Å²) in [7, 11) is 2.06. The molecule has 9 heteroatoms. The second-order valence-electron chi connectivity index (χ2n) is 8.51. The Balaban J connectivity index is 1.77. The average Bonchev–Trinajstić information content (AvgIpc) is 3.21. The van der Waals surface area contributed by atoms with E-state index in [4.69, 9.17) is 4.74 Å². The molecule has 1 aliphatic rings. The van der Waals surface area contributed by atoms with Crippen LogP contribution in [0.25, 0.3) is 0 Å². The van der Waals surface area contributed by atoms with E-state index in [0.717, 1.165) is 17.8 Å². The lowest BCUT2D eigenvalue weighted by molar-refractivity contribution is -0.136. The number of aryl methyl sites for hydroxylation is 1. The van der Waals surface area contributed by atoms with Gasteiger partial charge in [-0.2, -0.15) is 0 Å². The van der Waals surface area contributed by atoms with E-state index in [-0.39, 0.29) is 30.6 Å². The molecule has 0 aliphatic carbocycles. The van der Waals surface area contributed by atoms with E-state index in [1.807, 2.05) is 23.9 Å². The molecular formula is C22H34N6O3. The smallest absolute Gasteiger partial charge is 0.222 e.